The molecule has 1 aliphatic carbocycles. The van der Waals surface area contributed by atoms with Crippen LogP contribution in [0.3, 0.4) is 0 Å². The molecule has 6 heteroatoms. The number of anilines is 2. The molecular weight excluding hydrogens is 206 g/mol. The summed E-state index contributed by atoms with van der Waals surface area (Å²) in [4.78, 5) is 8.17. The Labute approximate surface area is 94.6 Å². The van der Waals surface area contributed by atoms with Crippen LogP contribution in [0.4, 0.5) is 11.6 Å². The Morgan fingerprint density at radius 3 is 2.56 bits per heavy atom. The number of nitrogens with zero attached hydrogens (tertiary/aromatic N) is 2. The van der Waals surface area contributed by atoms with Crippen molar-refractivity contribution < 1.29 is 4.74 Å². The van der Waals surface area contributed by atoms with Gasteiger partial charge in [0.2, 0.25) is 5.75 Å². The zero-order valence-corrected chi connectivity index (χ0v) is 9.58. The minimum atomic E-state index is 0.119. The zero-order chi connectivity index (χ0) is 11.6. The first-order valence-electron chi connectivity index (χ1n) is 5.32. The van der Waals surface area contributed by atoms with Crippen molar-refractivity contribution in [3.63, 3.8) is 0 Å². The fourth-order valence-electron chi connectivity index (χ4n) is 1.88. The average Bonchev–Trinajstić information content (AvgIpc) is 2.26. The highest BCUT2D eigenvalue weighted by molar-refractivity contribution is 5.63. The second kappa shape index (κ2) is 4.13. The van der Waals surface area contributed by atoms with Gasteiger partial charge in [-0.25, -0.2) is 15.8 Å². The zero-order valence-electron chi connectivity index (χ0n) is 9.58. The number of hydrazine groups is 1. The minimum Gasteiger partial charge on any atom is -0.490 e. The summed E-state index contributed by atoms with van der Waals surface area (Å²) in [5, 5.41) is 3.38. The Balaban J connectivity index is 2.25. The molecule has 0 aliphatic heterocycles. The van der Waals surface area contributed by atoms with E-state index < -0.39 is 0 Å². The van der Waals surface area contributed by atoms with Gasteiger partial charge in [0.25, 0.3) is 0 Å². The first-order valence-corrected chi connectivity index (χ1v) is 5.32. The van der Waals surface area contributed by atoms with E-state index in [1.54, 1.807) is 7.11 Å². The van der Waals surface area contributed by atoms with Gasteiger partial charge in [0.15, 0.2) is 11.6 Å². The quantitative estimate of drug-likeness (QED) is 0.524. The van der Waals surface area contributed by atoms with E-state index in [0.29, 0.717) is 17.4 Å². The number of hydrogen-bond donors (Lipinski definition) is 3. The van der Waals surface area contributed by atoms with Gasteiger partial charge in [-0.3, -0.25) is 0 Å². The molecule has 0 amide bonds. The smallest absolute Gasteiger partial charge is 0.205 e. The van der Waals surface area contributed by atoms with E-state index in [0.717, 1.165) is 12.8 Å². The highest BCUT2D eigenvalue weighted by Gasteiger charge is 2.33. The lowest BCUT2D eigenvalue weighted by Gasteiger charge is -2.39. The van der Waals surface area contributed by atoms with E-state index in [1.165, 1.54) is 12.7 Å². The molecule has 1 heterocycles. The van der Waals surface area contributed by atoms with Crippen molar-refractivity contribution in [2.24, 2.45) is 5.84 Å². The Bertz CT molecular complexity index is 377. The minimum absolute atomic E-state index is 0.119. The molecule has 1 aromatic rings. The third-order valence-electron chi connectivity index (χ3n) is 3.02. The Morgan fingerprint density at radius 1 is 1.38 bits per heavy atom. The summed E-state index contributed by atoms with van der Waals surface area (Å²) in [6, 6.07) is 0. The molecule has 4 N–H and O–H groups in total. The van der Waals surface area contributed by atoms with E-state index in [-0.39, 0.29) is 5.54 Å². The molecule has 0 unspecified atom stereocenters. The van der Waals surface area contributed by atoms with Crippen LogP contribution in [-0.2, 0) is 0 Å². The fourth-order valence-corrected chi connectivity index (χ4v) is 1.88. The molecule has 2 rings (SSSR count). The van der Waals surface area contributed by atoms with Crippen LogP contribution < -0.4 is 21.3 Å². The molecular formula is C10H17N5O. The number of nitrogen functional groups attached to an aromatic ring is 1. The molecule has 0 aromatic carbocycles. The van der Waals surface area contributed by atoms with Gasteiger partial charge in [-0.05, 0) is 26.2 Å². The number of nitrogens with two attached hydrogens (primary N) is 1. The topological polar surface area (TPSA) is 85.1 Å². The molecule has 0 radical (unpaired) electrons. The third kappa shape index (κ3) is 1.88. The largest absolute Gasteiger partial charge is 0.490 e. The van der Waals surface area contributed by atoms with Crippen LogP contribution >= 0.6 is 0 Å². The monoisotopic (exact) mass is 223 g/mol. The van der Waals surface area contributed by atoms with Gasteiger partial charge in [0.05, 0.1) is 7.11 Å². The maximum absolute atomic E-state index is 5.36. The number of nitrogens with one attached hydrogen (secondary N) is 2. The summed E-state index contributed by atoms with van der Waals surface area (Å²) < 4.78 is 5.25. The van der Waals surface area contributed by atoms with Crippen LogP contribution in [0.15, 0.2) is 6.33 Å². The van der Waals surface area contributed by atoms with Crippen LogP contribution in [0.25, 0.3) is 0 Å². The molecule has 1 aliphatic rings. The highest BCUT2D eigenvalue weighted by Crippen LogP contribution is 2.38. The second-order valence-corrected chi connectivity index (χ2v) is 4.29. The van der Waals surface area contributed by atoms with Crippen LogP contribution in [-0.4, -0.2) is 22.6 Å². The lowest BCUT2D eigenvalue weighted by Crippen LogP contribution is -2.42. The van der Waals surface area contributed by atoms with Gasteiger partial charge in [0.1, 0.15) is 6.33 Å². The van der Waals surface area contributed by atoms with Crippen molar-refractivity contribution in [3.05, 3.63) is 6.33 Å². The number of rotatable bonds is 4. The van der Waals surface area contributed by atoms with Crippen LogP contribution in [0.1, 0.15) is 26.2 Å². The predicted octanol–water partition coefficient (Wildman–Crippen LogP) is 1.13. The average molecular weight is 223 g/mol. The van der Waals surface area contributed by atoms with E-state index >= 15 is 0 Å². The summed E-state index contributed by atoms with van der Waals surface area (Å²) in [5.74, 6) is 7.09. The van der Waals surface area contributed by atoms with Crippen molar-refractivity contribution in [1.82, 2.24) is 9.97 Å². The molecule has 1 fully saturated rings. The highest BCUT2D eigenvalue weighted by atomic mass is 16.5. The van der Waals surface area contributed by atoms with Gasteiger partial charge in [-0.1, -0.05) is 0 Å². The summed E-state index contributed by atoms with van der Waals surface area (Å²) >= 11 is 0. The van der Waals surface area contributed by atoms with Crippen LogP contribution in [0.2, 0.25) is 0 Å². The number of ether oxygens (including phenoxy) is 1. The first kappa shape index (κ1) is 10.9. The number of methoxy groups -OCH3 is 1. The lowest BCUT2D eigenvalue weighted by atomic mass is 9.78. The van der Waals surface area contributed by atoms with E-state index in [9.17, 15) is 0 Å². The molecule has 1 saturated carbocycles. The number of hydrogen-bond acceptors (Lipinski definition) is 6. The van der Waals surface area contributed by atoms with Gasteiger partial charge in [-0.15, -0.1) is 0 Å². The lowest BCUT2D eigenvalue weighted by molar-refractivity contribution is 0.303. The SMILES string of the molecule is COc1c(NN)ncnc1NC1(C)CCC1. The molecule has 1 aromatic heterocycles. The molecule has 0 bridgehead atoms. The standard InChI is InChI=1S/C10H17N5O/c1-10(4-3-5-10)14-8-7(16-2)9(15-11)13-6-12-8/h6H,3-5,11H2,1-2H3,(H2,12,13,14,15). The molecule has 0 saturated heterocycles. The summed E-state index contributed by atoms with van der Waals surface area (Å²) in [6.45, 7) is 2.17. The van der Waals surface area contributed by atoms with Gasteiger partial charge >= 0.3 is 0 Å². The van der Waals surface area contributed by atoms with Crippen molar-refractivity contribution in [2.75, 3.05) is 17.9 Å². The Hall–Kier alpha value is -1.56. The van der Waals surface area contributed by atoms with Crippen molar-refractivity contribution in [1.29, 1.82) is 0 Å². The number of aromatic nitrogens is 2. The molecule has 6 nitrogen and oxygen atoms in total. The first-order chi connectivity index (χ1) is 7.68. The van der Waals surface area contributed by atoms with Crippen LogP contribution in [0.5, 0.6) is 5.75 Å². The van der Waals surface area contributed by atoms with Crippen LogP contribution in [0, 0.1) is 0 Å². The maximum Gasteiger partial charge on any atom is 0.205 e. The second-order valence-electron chi connectivity index (χ2n) is 4.29. The summed E-state index contributed by atoms with van der Waals surface area (Å²) in [7, 11) is 1.58. The Kier molecular flexibility index (Phi) is 2.82. The van der Waals surface area contributed by atoms with Gasteiger partial charge in [0, 0.05) is 5.54 Å². The summed E-state index contributed by atoms with van der Waals surface area (Å²) in [6.07, 6.45) is 5.00. The molecule has 88 valence electrons. The van der Waals surface area contributed by atoms with E-state index in [4.69, 9.17) is 10.6 Å². The van der Waals surface area contributed by atoms with E-state index in [2.05, 4.69) is 27.6 Å². The fraction of sp³-hybridized carbons (Fsp3) is 0.600. The van der Waals surface area contributed by atoms with Crippen molar-refractivity contribution >= 4 is 11.6 Å². The Morgan fingerprint density at radius 2 is 2.06 bits per heavy atom. The predicted molar refractivity (Wildman–Crippen MR) is 62.3 cm³/mol. The third-order valence-corrected chi connectivity index (χ3v) is 3.02. The normalized spacial score (nSPS) is 17.4. The van der Waals surface area contributed by atoms with Gasteiger partial charge < -0.3 is 15.5 Å². The molecule has 0 atom stereocenters. The van der Waals surface area contributed by atoms with Crippen molar-refractivity contribution in [2.45, 2.75) is 31.7 Å². The van der Waals surface area contributed by atoms with Gasteiger partial charge in [-0.2, -0.15) is 0 Å². The van der Waals surface area contributed by atoms with Crippen molar-refractivity contribution in [3.8, 4) is 5.75 Å². The van der Waals surface area contributed by atoms with E-state index in [1.807, 2.05) is 0 Å². The summed E-state index contributed by atoms with van der Waals surface area (Å²) in [5.41, 5.74) is 2.61. The molecule has 16 heavy (non-hydrogen) atoms. The molecule has 0 spiro atoms. The maximum atomic E-state index is 5.36.